The highest BCUT2D eigenvalue weighted by Gasteiger charge is 2.07. The van der Waals surface area contributed by atoms with Crippen LogP contribution in [-0.2, 0) is 22.6 Å². The van der Waals surface area contributed by atoms with E-state index in [1.807, 2.05) is 30.3 Å². The SMILES string of the molecule is O=C(COc1ccc(OCc2ccccc2)cc1)NNC(=O)Cc1ccc(F)cc1. The van der Waals surface area contributed by atoms with Crippen LogP contribution in [0.15, 0.2) is 78.9 Å². The third-order valence-corrected chi connectivity index (χ3v) is 4.06. The quantitative estimate of drug-likeness (QED) is 0.562. The third-order valence-electron chi connectivity index (χ3n) is 4.06. The highest BCUT2D eigenvalue weighted by molar-refractivity contribution is 5.83. The molecule has 0 fully saturated rings. The number of hydrogen-bond acceptors (Lipinski definition) is 4. The number of benzene rings is 3. The van der Waals surface area contributed by atoms with Crippen LogP contribution in [0.4, 0.5) is 4.39 Å². The average Bonchev–Trinajstić information content (AvgIpc) is 2.78. The molecule has 0 spiro atoms. The molecular formula is C23H21FN2O4. The second-order valence-corrected chi connectivity index (χ2v) is 6.43. The Morgan fingerprint density at radius 3 is 1.97 bits per heavy atom. The summed E-state index contributed by atoms with van der Waals surface area (Å²) in [5.74, 6) is -0.124. The van der Waals surface area contributed by atoms with Gasteiger partial charge in [0, 0.05) is 0 Å². The Labute approximate surface area is 173 Å². The second kappa shape index (κ2) is 10.6. The Bertz CT molecular complexity index is 961. The second-order valence-electron chi connectivity index (χ2n) is 6.43. The van der Waals surface area contributed by atoms with Crippen LogP contribution in [0.5, 0.6) is 11.5 Å². The summed E-state index contributed by atoms with van der Waals surface area (Å²) in [6.07, 6.45) is 0.0197. The predicted octanol–water partition coefficient (Wildman–Crippen LogP) is 3.17. The highest BCUT2D eigenvalue weighted by Crippen LogP contribution is 2.18. The molecule has 0 saturated carbocycles. The Morgan fingerprint density at radius 2 is 1.30 bits per heavy atom. The van der Waals surface area contributed by atoms with Gasteiger partial charge >= 0.3 is 0 Å². The first-order chi connectivity index (χ1) is 14.6. The number of carbonyl (C=O) groups excluding carboxylic acids is 2. The van der Waals surface area contributed by atoms with Crippen LogP contribution >= 0.6 is 0 Å². The van der Waals surface area contributed by atoms with E-state index in [1.165, 1.54) is 24.3 Å². The number of carbonyl (C=O) groups is 2. The summed E-state index contributed by atoms with van der Waals surface area (Å²) in [5, 5.41) is 0. The summed E-state index contributed by atoms with van der Waals surface area (Å²) in [7, 11) is 0. The van der Waals surface area contributed by atoms with Gasteiger partial charge < -0.3 is 9.47 Å². The van der Waals surface area contributed by atoms with Crippen LogP contribution in [0.1, 0.15) is 11.1 Å². The zero-order chi connectivity index (χ0) is 21.2. The normalized spacial score (nSPS) is 10.2. The van der Waals surface area contributed by atoms with E-state index in [4.69, 9.17) is 9.47 Å². The molecule has 0 unspecified atom stereocenters. The molecule has 154 valence electrons. The Kier molecular flexibility index (Phi) is 7.38. The standard InChI is InChI=1S/C23H21FN2O4/c24-19-8-6-17(7-9-19)14-22(27)25-26-23(28)16-30-21-12-10-20(11-13-21)29-15-18-4-2-1-3-5-18/h1-13H,14-16H2,(H,25,27)(H,26,28). The Morgan fingerprint density at radius 1 is 0.700 bits per heavy atom. The van der Waals surface area contributed by atoms with Gasteiger partial charge in [0.2, 0.25) is 5.91 Å². The number of ether oxygens (including phenoxy) is 2. The molecule has 0 aliphatic heterocycles. The molecular weight excluding hydrogens is 387 g/mol. The summed E-state index contributed by atoms with van der Waals surface area (Å²) < 4.78 is 23.9. The zero-order valence-corrected chi connectivity index (χ0v) is 16.1. The molecule has 2 amide bonds. The van der Waals surface area contributed by atoms with Gasteiger partial charge in [0.15, 0.2) is 6.61 Å². The van der Waals surface area contributed by atoms with Crippen molar-refractivity contribution in [1.29, 1.82) is 0 Å². The lowest BCUT2D eigenvalue weighted by atomic mass is 10.1. The van der Waals surface area contributed by atoms with Crippen molar-refractivity contribution in [1.82, 2.24) is 10.9 Å². The molecule has 2 N–H and O–H groups in total. The van der Waals surface area contributed by atoms with E-state index in [9.17, 15) is 14.0 Å². The Hall–Kier alpha value is -3.87. The molecule has 0 bridgehead atoms. The topological polar surface area (TPSA) is 76.7 Å². The van der Waals surface area contributed by atoms with Crippen LogP contribution in [0, 0.1) is 5.82 Å². The maximum atomic E-state index is 12.9. The lowest BCUT2D eigenvalue weighted by molar-refractivity contribution is -0.129. The summed E-state index contributed by atoms with van der Waals surface area (Å²) in [4.78, 5) is 23.6. The molecule has 0 heterocycles. The summed E-state index contributed by atoms with van der Waals surface area (Å²) in [6, 6.07) is 22.3. The number of nitrogens with one attached hydrogen (secondary N) is 2. The number of halogens is 1. The molecule has 0 radical (unpaired) electrons. The molecule has 3 aromatic carbocycles. The predicted molar refractivity (Wildman–Crippen MR) is 109 cm³/mol. The number of hydrazine groups is 1. The monoisotopic (exact) mass is 408 g/mol. The number of hydrogen-bond donors (Lipinski definition) is 2. The first-order valence-corrected chi connectivity index (χ1v) is 9.30. The number of rotatable bonds is 8. The number of amides is 2. The third kappa shape index (κ3) is 6.94. The molecule has 0 atom stereocenters. The van der Waals surface area contributed by atoms with Crippen molar-refractivity contribution in [2.24, 2.45) is 0 Å². The summed E-state index contributed by atoms with van der Waals surface area (Å²) >= 11 is 0. The summed E-state index contributed by atoms with van der Waals surface area (Å²) in [6.45, 7) is 0.197. The van der Waals surface area contributed by atoms with Crippen LogP contribution in [0.3, 0.4) is 0 Å². The molecule has 3 rings (SSSR count). The molecule has 7 heteroatoms. The summed E-state index contributed by atoms with van der Waals surface area (Å²) in [5.41, 5.74) is 6.26. The van der Waals surface area contributed by atoms with Crippen molar-refractivity contribution in [3.8, 4) is 11.5 Å². The fourth-order valence-corrected chi connectivity index (χ4v) is 2.53. The lowest BCUT2D eigenvalue weighted by Crippen LogP contribution is -2.44. The van der Waals surface area contributed by atoms with Gasteiger partial charge in [-0.1, -0.05) is 42.5 Å². The highest BCUT2D eigenvalue weighted by atomic mass is 19.1. The maximum absolute atomic E-state index is 12.9. The van der Waals surface area contributed by atoms with Crippen molar-refractivity contribution in [2.75, 3.05) is 6.61 Å². The average molecular weight is 408 g/mol. The molecule has 30 heavy (non-hydrogen) atoms. The van der Waals surface area contributed by atoms with Gasteiger partial charge in [-0.05, 0) is 47.5 Å². The molecule has 0 saturated heterocycles. The van der Waals surface area contributed by atoms with Crippen molar-refractivity contribution >= 4 is 11.8 Å². The maximum Gasteiger partial charge on any atom is 0.276 e. The van der Waals surface area contributed by atoms with Crippen LogP contribution in [0.2, 0.25) is 0 Å². The van der Waals surface area contributed by atoms with Gasteiger partial charge in [0.25, 0.3) is 5.91 Å². The van der Waals surface area contributed by atoms with E-state index in [1.54, 1.807) is 24.3 Å². The fourth-order valence-electron chi connectivity index (χ4n) is 2.53. The van der Waals surface area contributed by atoms with Gasteiger partial charge in [0.05, 0.1) is 6.42 Å². The smallest absolute Gasteiger partial charge is 0.276 e. The van der Waals surface area contributed by atoms with Gasteiger partial charge in [0.1, 0.15) is 23.9 Å². The van der Waals surface area contributed by atoms with Crippen LogP contribution < -0.4 is 20.3 Å². The van der Waals surface area contributed by atoms with E-state index < -0.39 is 11.8 Å². The minimum Gasteiger partial charge on any atom is -0.489 e. The van der Waals surface area contributed by atoms with E-state index in [-0.39, 0.29) is 18.8 Å². The molecule has 6 nitrogen and oxygen atoms in total. The first kappa shape index (κ1) is 20.9. The van der Waals surface area contributed by atoms with E-state index in [2.05, 4.69) is 10.9 Å². The van der Waals surface area contributed by atoms with Crippen LogP contribution in [-0.4, -0.2) is 18.4 Å². The molecule has 0 aliphatic rings. The van der Waals surface area contributed by atoms with E-state index in [0.717, 1.165) is 5.56 Å². The van der Waals surface area contributed by atoms with Gasteiger partial charge in [-0.15, -0.1) is 0 Å². The van der Waals surface area contributed by atoms with Crippen molar-refractivity contribution in [3.05, 3.63) is 95.8 Å². The Balaban J connectivity index is 1.35. The van der Waals surface area contributed by atoms with Crippen molar-refractivity contribution < 1.29 is 23.5 Å². The van der Waals surface area contributed by atoms with E-state index >= 15 is 0 Å². The van der Waals surface area contributed by atoms with Gasteiger partial charge in [-0.3, -0.25) is 20.4 Å². The molecule has 0 aromatic heterocycles. The fraction of sp³-hybridized carbons (Fsp3) is 0.130. The van der Waals surface area contributed by atoms with Crippen LogP contribution in [0.25, 0.3) is 0 Å². The van der Waals surface area contributed by atoms with Crippen molar-refractivity contribution in [3.63, 3.8) is 0 Å². The molecule has 0 aliphatic carbocycles. The lowest BCUT2D eigenvalue weighted by Gasteiger charge is -2.10. The van der Waals surface area contributed by atoms with E-state index in [0.29, 0.717) is 23.7 Å². The van der Waals surface area contributed by atoms with Gasteiger partial charge in [-0.2, -0.15) is 0 Å². The molecule has 3 aromatic rings. The largest absolute Gasteiger partial charge is 0.489 e. The minimum atomic E-state index is -0.508. The minimum absolute atomic E-state index is 0.0197. The van der Waals surface area contributed by atoms with Crippen molar-refractivity contribution in [2.45, 2.75) is 13.0 Å². The first-order valence-electron chi connectivity index (χ1n) is 9.30. The van der Waals surface area contributed by atoms with Gasteiger partial charge in [-0.25, -0.2) is 4.39 Å². The zero-order valence-electron chi connectivity index (χ0n) is 16.1.